The van der Waals surface area contributed by atoms with Crippen LogP contribution in [0.2, 0.25) is 0 Å². The maximum absolute atomic E-state index is 12.2. The van der Waals surface area contributed by atoms with Crippen molar-refractivity contribution < 1.29 is 4.79 Å². The number of carbonyl (C=O) groups is 1. The molecule has 0 radical (unpaired) electrons. The minimum Gasteiger partial charge on any atom is -0.374 e. The van der Waals surface area contributed by atoms with Crippen molar-refractivity contribution in [1.29, 1.82) is 0 Å². The second-order valence-electron chi connectivity index (χ2n) is 5.65. The zero-order valence-corrected chi connectivity index (χ0v) is 13.5. The fourth-order valence-electron chi connectivity index (χ4n) is 2.23. The highest BCUT2D eigenvalue weighted by Crippen LogP contribution is 2.20. The second-order valence-corrected chi connectivity index (χ2v) is 5.65. The molecule has 0 aromatic heterocycles. The van der Waals surface area contributed by atoms with E-state index in [1.807, 2.05) is 49.4 Å². The lowest BCUT2D eigenvalue weighted by atomic mass is 9.98. The van der Waals surface area contributed by atoms with Crippen LogP contribution in [0.15, 0.2) is 54.6 Å². The van der Waals surface area contributed by atoms with E-state index in [0.29, 0.717) is 5.92 Å². The first-order chi connectivity index (χ1) is 10.6. The Bertz CT molecular complexity index is 593. The molecule has 0 aliphatic carbocycles. The molecule has 22 heavy (non-hydrogen) atoms. The summed E-state index contributed by atoms with van der Waals surface area (Å²) in [6, 6.07) is 17.5. The Labute approximate surface area is 132 Å². The molecular formula is C19H24N2O. The van der Waals surface area contributed by atoms with Crippen LogP contribution in [0.1, 0.15) is 38.7 Å². The summed E-state index contributed by atoms with van der Waals surface area (Å²) in [6.07, 6.45) is 1.13. The van der Waals surface area contributed by atoms with Crippen molar-refractivity contribution in [2.24, 2.45) is 0 Å². The summed E-state index contributed by atoms with van der Waals surface area (Å²) in [5.74, 6) is 0.519. The molecule has 116 valence electrons. The van der Waals surface area contributed by atoms with Gasteiger partial charge in [-0.2, -0.15) is 0 Å². The van der Waals surface area contributed by atoms with Crippen molar-refractivity contribution in [2.75, 3.05) is 10.6 Å². The van der Waals surface area contributed by atoms with Gasteiger partial charge in [0.1, 0.15) is 6.04 Å². The van der Waals surface area contributed by atoms with E-state index in [1.54, 1.807) is 0 Å². The van der Waals surface area contributed by atoms with Gasteiger partial charge in [-0.25, -0.2) is 0 Å². The van der Waals surface area contributed by atoms with E-state index in [0.717, 1.165) is 17.8 Å². The van der Waals surface area contributed by atoms with Crippen molar-refractivity contribution in [1.82, 2.24) is 0 Å². The van der Waals surface area contributed by atoms with Gasteiger partial charge in [0.2, 0.25) is 5.91 Å². The van der Waals surface area contributed by atoms with E-state index < -0.39 is 0 Å². The Hall–Kier alpha value is -2.29. The lowest BCUT2D eigenvalue weighted by Gasteiger charge is -2.16. The summed E-state index contributed by atoms with van der Waals surface area (Å²) in [5, 5.41) is 6.13. The summed E-state index contributed by atoms with van der Waals surface area (Å²) in [7, 11) is 0. The van der Waals surface area contributed by atoms with Crippen LogP contribution in [0.5, 0.6) is 0 Å². The Balaban J connectivity index is 1.93. The number of hydrogen-bond acceptors (Lipinski definition) is 2. The molecule has 1 amide bonds. The van der Waals surface area contributed by atoms with Crippen molar-refractivity contribution in [2.45, 2.75) is 39.2 Å². The minimum atomic E-state index is -0.297. The number of benzene rings is 2. The average Bonchev–Trinajstić information content (AvgIpc) is 2.55. The van der Waals surface area contributed by atoms with Crippen LogP contribution in [0, 0.1) is 0 Å². The quantitative estimate of drug-likeness (QED) is 0.815. The van der Waals surface area contributed by atoms with Crippen LogP contribution in [0.25, 0.3) is 0 Å². The maximum atomic E-state index is 12.2. The second kappa shape index (κ2) is 7.64. The molecule has 0 aliphatic rings. The summed E-state index contributed by atoms with van der Waals surface area (Å²) < 4.78 is 0. The minimum absolute atomic E-state index is 0.0443. The van der Waals surface area contributed by atoms with Gasteiger partial charge in [0.05, 0.1) is 0 Å². The van der Waals surface area contributed by atoms with Gasteiger partial charge in [0, 0.05) is 11.4 Å². The van der Waals surface area contributed by atoms with Crippen LogP contribution in [0.4, 0.5) is 11.4 Å². The number of nitrogens with one attached hydrogen (secondary N) is 2. The Kier molecular flexibility index (Phi) is 5.59. The van der Waals surface area contributed by atoms with Crippen molar-refractivity contribution in [3.05, 3.63) is 60.2 Å². The monoisotopic (exact) mass is 296 g/mol. The SMILES string of the molecule is CC[C@H](C)c1ccc(N[C@H](C)C(=O)Nc2ccccc2)cc1. The number of carbonyl (C=O) groups excluding carboxylic acids is 1. The molecular weight excluding hydrogens is 272 g/mol. The van der Waals surface area contributed by atoms with E-state index in [9.17, 15) is 4.79 Å². The van der Waals surface area contributed by atoms with E-state index in [-0.39, 0.29) is 11.9 Å². The Morgan fingerprint density at radius 2 is 1.59 bits per heavy atom. The Morgan fingerprint density at radius 3 is 2.18 bits per heavy atom. The van der Waals surface area contributed by atoms with E-state index in [2.05, 4.69) is 36.6 Å². The van der Waals surface area contributed by atoms with Gasteiger partial charge in [0.25, 0.3) is 0 Å². The molecule has 2 aromatic rings. The molecule has 3 nitrogen and oxygen atoms in total. The average molecular weight is 296 g/mol. The molecule has 0 aliphatic heterocycles. The lowest BCUT2D eigenvalue weighted by molar-refractivity contribution is -0.116. The topological polar surface area (TPSA) is 41.1 Å². The first-order valence-corrected chi connectivity index (χ1v) is 7.82. The molecule has 2 atom stereocenters. The van der Waals surface area contributed by atoms with Crippen LogP contribution >= 0.6 is 0 Å². The lowest BCUT2D eigenvalue weighted by Crippen LogP contribution is -2.31. The number of rotatable bonds is 6. The van der Waals surface area contributed by atoms with Gasteiger partial charge in [0.15, 0.2) is 0 Å². The van der Waals surface area contributed by atoms with Gasteiger partial charge < -0.3 is 10.6 Å². The highest BCUT2D eigenvalue weighted by molar-refractivity contribution is 5.96. The van der Waals surface area contributed by atoms with Gasteiger partial charge in [-0.15, -0.1) is 0 Å². The molecule has 2 N–H and O–H groups in total. The molecule has 0 spiro atoms. The summed E-state index contributed by atoms with van der Waals surface area (Å²) in [5.41, 5.74) is 3.10. The summed E-state index contributed by atoms with van der Waals surface area (Å²) in [6.45, 7) is 6.27. The predicted molar refractivity (Wildman–Crippen MR) is 93.3 cm³/mol. The molecule has 2 aromatic carbocycles. The third-order valence-corrected chi connectivity index (χ3v) is 3.91. The molecule has 0 saturated carbocycles. The zero-order valence-electron chi connectivity index (χ0n) is 13.5. The van der Waals surface area contributed by atoms with E-state index in [4.69, 9.17) is 0 Å². The highest BCUT2D eigenvalue weighted by Gasteiger charge is 2.12. The van der Waals surface area contributed by atoms with Crippen LogP contribution in [-0.2, 0) is 4.79 Å². The van der Waals surface area contributed by atoms with Crippen LogP contribution < -0.4 is 10.6 Å². The van der Waals surface area contributed by atoms with Crippen molar-refractivity contribution >= 4 is 17.3 Å². The molecule has 0 saturated heterocycles. The molecule has 0 bridgehead atoms. The standard InChI is InChI=1S/C19H24N2O/c1-4-14(2)16-10-12-18(13-11-16)20-15(3)19(22)21-17-8-6-5-7-9-17/h5-15,20H,4H2,1-3H3,(H,21,22)/t14-,15+/m0/s1. The predicted octanol–water partition coefficient (Wildman–Crippen LogP) is 4.64. The fourth-order valence-corrected chi connectivity index (χ4v) is 2.23. The third kappa shape index (κ3) is 4.35. The van der Waals surface area contributed by atoms with Gasteiger partial charge in [-0.05, 0) is 49.1 Å². The summed E-state index contributed by atoms with van der Waals surface area (Å²) in [4.78, 5) is 12.2. The largest absolute Gasteiger partial charge is 0.374 e. The van der Waals surface area contributed by atoms with E-state index in [1.165, 1.54) is 5.56 Å². The third-order valence-electron chi connectivity index (χ3n) is 3.91. The van der Waals surface area contributed by atoms with Crippen LogP contribution in [-0.4, -0.2) is 11.9 Å². The zero-order chi connectivity index (χ0) is 15.9. The maximum Gasteiger partial charge on any atom is 0.246 e. The number of anilines is 2. The molecule has 0 heterocycles. The normalized spacial score (nSPS) is 13.2. The highest BCUT2D eigenvalue weighted by atomic mass is 16.2. The van der Waals surface area contributed by atoms with Crippen LogP contribution in [0.3, 0.4) is 0 Å². The van der Waals surface area contributed by atoms with Crippen molar-refractivity contribution in [3.63, 3.8) is 0 Å². The fraction of sp³-hybridized carbons (Fsp3) is 0.316. The first kappa shape index (κ1) is 16.1. The first-order valence-electron chi connectivity index (χ1n) is 7.82. The molecule has 0 unspecified atom stereocenters. The van der Waals surface area contributed by atoms with Gasteiger partial charge in [-0.3, -0.25) is 4.79 Å². The smallest absolute Gasteiger partial charge is 0.246 e. The summed E-state index contributed by atoms with van der Waals surface area (Å²) >= 11 is 0. The number of para-hydroxylation sites is 1. The van der Waals surface area contributed by atoms with E-state index >= 15 is 0 Å². The number of amides is 1. The van der Waals surface area contributed by atoms with Gasteiger partial charge in [-0.1, -0.05) is 44.2 Å². The molecule has 0 fully saturated rings. The molecule has 3 heteroatoms. The number of hydrogen-bond donors (Lipinski definition) is 2. The van der Waals surface area contributed by atoms with Gasteiger partial charge >= 0.3 is 0 Å². The molecule has 2 rings (SSSR count). The van der Waals surface area contributed by atoms with Crippen molar-refractivity contribution in [3.8, 4) is 0 Å². The Morgan fingerprint density at radius 1 is 0.955 bits per heavy atom.